The van der Waals surface area contributed by atoms with E-state index in [9.17, 15) is 9.18 Å². The van der Waals surface area contributed by atoms with E-state index in [0.717, 1.165) is 11.1 Å². The quantitative estimate of drug-likeness (QED) is 0.526. The zero-order valence-corrected chi connectivity index (χ0v) is 17.0. The molecule has 4 rings (SSSR count). The van der Waals surface area contributed by atoms with Gasteiger partial charge in [-0.2, -0.15) is 0 Å². The van der Waals surface area contributed by atoms with Crippen molar-refractivity contribution < 1.29 is 13.9 Å². The molecule has 0 saturated carbocycles. The number of rotatable bonds is 6. The number of hydrogen-bond acceptors (Lipinski definition) is 3. The predicted molar refractivity (Wildman–Crippen MR) is 118 cm³/mol. The minimum absolute atomic E-state index is 0.278. The van der Waals surface area contributed by atoms with Crippen LogP contribution in [-0.2, 0) is 6.61 Å². The first kappa shape index (κ1) is 20.2. The van der Waals surface area contributed by atoms with E-state index in [2.05, 4.69) is 11.7 Å². The van der Waals surface area contributed by atoms with Crippen molar-refractivity contribution >= 4 is 12.7 Å². The van der Waals surface area contributed by atoms with Gasteiger partial charge in [-0.3, -0.25) is 9.89 Å². The summed E-state index contributed by atoms with van der Waals surface area (Å²) in [6.45, 7) is 4.35. The summed E-state index contributed by atoms with van der Waals surface area (Å²) in [5.41, 5.74) is 2.06. The lowest BCUT2D eigenvalue weighted by molar-refractivity contribution is 0.284. The lowest BCUT2D eigenvalue weighted by Crippen LogP contribution is -2.33. The van der Waals surface area contributed by atoms with E-state index < -0.39 is 0 Å². The third-order valence-electron chi connectivity index (χ3n) is 4.83. The number of hydrogen-bond donors (Lipinski definition) is 1. The second-order valence-electron chi connectivity index (χ2n) is 6.95. The molecule has 0 atom stereocenters. The molecule has 0 saturated heterocycles. The molecular weight excluding hydrogens is 395 g/mol. The Morgan fingerprint density at radius 3 is 2.48 bits per heavy atom. The van der Waals surface area contributed by atoms with E-state index in [-0.39, 0.29) is 11.4 Å². The molecule has 0 fully saturated rings. The lowest BCUT2D eigenvalue weighted by atomic mass is 10.1. The third-order valence-corrected chi connectivity index (χ3v) is 4.83. The van der Waals surface area contributed by atoms with Gasteiger partial charge in [0.1, 0.15) is 12.4 Å². The molecule has 1 aromatic heterocycles. The van der Waals surface area contributed by atoms with Crippen molar-refractivity contribution in [3.63, 3.8) is 0 Å². The molecule has 5 nitrogen and oxygen atoms in total. The summed E-state index contributed by atoms with van der Waals surface area (Å²) in [7, 11) is 1.57. The maximum absolute atomic E-state index is 13.2. The normalized spacial score (nSPS) is 11.5. The largest absolute Gasteiger partial charge is 0.493 e. The first-order valence-corrected chi connectivity index (χ1v) is 9.67. The van der Waals surface area contributed by atoms with Crippen molar-refractivity contribution in [2.45, 2.75) is 6.61 Å². The van der Waals surface area contributed by atoms with Crippen LogP contribution in [0.4, 0.5) is 4.39 Å². The molecule has 0 radical (unpaired) electrons. The highest BCUT2D eigenvalue weighted by Gasteiger charge is 2.08. The average molecular weight is 416 g/mol. The molecule has 1 heterocycles. The summed E-state index contributed by atoms with van der Waals surface area (Å²) < 4.78 is 25.9. The van der Waals surface area contributed by atoms with Gasteiger partial charge in [-0.1, -0.05) is 43.0 Å². The molecule has 0 aliphatic carbocycles. The molecule has 0 amide bonds. The van der Waals surface area contributed by atoms with Crippen molar-refractivity contribution in [3.8, 4) is 17.2 Å². The van der Waals surface area contributed by atoms with Crippen LogP contribution in [0.2, 0.25) is 0 Å². The van der Waals surface area contributed by atoms with E-state index in [0.29, 0.717) is 34.4 Å². The summed E-state index contributed by atoms with van der Waals surface area (Å²) in [5, 5.41) is 3.79. The predicted octanol–water partition coefficient (Wildman–Crippen LogP) is 3.13. The number of methoxy groups -OCH3 is 1. The van der Waals surface area contributed by atoms with Crippen LogP contribution in [0.3, 0.4) is 0 Å². The molecule has 0 spiro atoms. The molecule has 1 N–H and O–H groups in total. The van der Waals surface area contributed by atoms with Gasteiger partial charge in [0.05, 0.1) is 23.4 Å². The highest BCUT2D eigenvalue weighted by Crippen LogP contribution is 2.29. The maximum Gasteiger partial charge on any atom is 0.279 e. The third kappa shape index (κ3) is 4.43. The van der Waals surface area contributed by atoms with Crippen molar-refractivity contribution in [1.29, 1.82) is 0 Å². The Morgan fingerprint density at radius 1 is 1.03 bits per heavy atom. The summed E-state index contributed by atoms with van der Waals surface area (Å²) in [6, 6.07) is 21.0. The number of halogens is 1. The van der Waals surface area contributed by atoms with Crippen molar-refractivity contribution in [2.75, 3.05) is 7.11 Å². The summed E-state index contributed by atoms with van der Waals surface area (Å²) in [6.07, 6.45) is 1.73. The van der Waals surface area contributed by atoms with Gasteiger partial charge in [-0.15, -0.1) is 0 Å². The Labute approximate surface area is 178 Å². The first-order valence-electron chi connectivity index (χ1n) is 9.67. The molecule has 0 bridgehead atoms. The summed E-state index contributed by atoms with van der Waals surface area (Å²) in [4.78, 5) is 12.9. The number of nitrogens with one attached hydrogen (secondary N) is 1. The molecule has 31 heavy (non-hydrogen) atoms. The van der Waals surface area contributed by atoms with Gasteiger partial charge in [0.15, 0.2) is 11.5 Å². The Balaban J connectivity index is 1.65. The average Bonchev–Trinajstić information content (AvgIpc) is 3.07. The van der Waals surface area contributed by atoms with Crippen molar-refractivity contribution in [2.24, 2.45) is 0 Å². The molecule has 156 valence electrons. The van der Waals surface area contributed by atoms with Gasteiger partial charge < -0.3 is 9.47 Å². The first-order chi connectivity index (χ1) is 15.0. The minimum atomic E-state index is -0.369. The molecule has 6 heteroatoms. The highest BCUT2D eigenvalue weighted by atomic mass is 19.1. The molecule has 0 unspecified atom stereocenters. The fourth-order valence-corrected chi connectivity index (χ4v) is 3.21. The maximum atomic E-state index is 13.2. The van der Waals surface area contributed by atoms with Crippen LogP contribution in [0.5, 0.6) is 11.5 Å². The number of benzene rings is 3. The van der Waals surface area contributed by atoms with Crippen LogP contribution in [0.25, 0.3) is 18.3 Å². The fourth-order valence-electron chi connectivity index (χ4n) is 3.21. The van der Waals surface area contributed by atoms with Gasteiger partial charge in [0.25, 0.3) is 5.56 Å². The van der Waals surface area contributed by atoms with Crippen LogP contribution >= 0.6 is 0 Å². The lowest BCUT2D eigenvalue weighted by Gasteiger charge is -2.11. The molecular formula is C25H21FN2O3. The number of nitrogens with zero attached hydrogens (tertiary/aromatic N) is 1. The van der Waals surface area contributed by atoms with Gasteiger partial charge in [0.2, 0.25) is 0 Å². The van der Waals surface area contributed by atoms with Crippen LogP contribution in [0, 0.1) is 5.82 Å². The standard InChI is InChI=1S/C25H21FN2O3/c1-17-22(25(29)28(27-17)21-11-9-20(26)10-12-21)14-19-8-13-23(24(15-19)30-2)31-16-18-6-4-3-5-7-18/h3-15,27H,1,16H2,2H3/b22-14+. The number of aromatic amines is 1. The summed E-state index contributed by atoms with van der Waals surface area (Å²) in [5.74, 6) is 0.799. The van der Waals surface area contributed by atoms with Gasteiger partial charge >= 0.3 is 0 Å². The molecule has 0 aliphatic heterocycles. The molecule has 0 aliphatic rings. The number of H-pyrrole nitrogens is 1. The Kier molecular flexibility index (Phi) is 5.71. The van der Waals surface area contributed by atoms with E-state index >= 15 is 0 Å². The van der Waals surface area contributed by atoms with E-state index in [1.165, 1.54) is 28.9 Å². The van der Waals surface area contributed by atoms with E-state index in [1.807, 2.05) is 42.5 Å². The molecule has 3 aromatic carbocycles. The van der Waals surface area contributed by atoms with Gasteiger partial charge in [-0.05, 0) is 53.6 Å². The van der Waals surface area contributed by atoms with Crippen molar-refractivity contribution in [3.05, 3.63) is 111 Å². The van der Waals surface area contributed by atoms with Crippen LogP contribution in [0.1, 0.15) is 11.1 Å². The Morgan fingerprint density at radius 2 is 1.77 bits per heavy atom. The van der Waals surface area contributed by atoms with Crippen molar-refractivity contribution in [1.82, 2.24) is 9.78 Å². The Hall–Kier alpha value is -4.06. The second-order valence-corrected chi connectivity index (χ2v) is 6.95. The number of ether oxygens (including phenoxy) is 2. The molecule has 4 aromatic rings. The van der Waals surface area contributed by atoms with Crippen LogP contribution < -0.4 is 25.6 Å². The van der Waals surface area contributed by atoms with Gasteiger partial charge in [-0.25, -0.2) is 9.07 Å². The number of aromatic nitrogens is 2. The van der Waals surface area contributed by atoms with E-state index in [4.69, 9.17) is 9.47 Å². The highest BCUT2D eigenvalue weighted by molar-refractivity contribution is 5.56. The zero-order chi connectivity index (χ0) is 21.8. The van der Waals surface area contributed by atoms with E-state index in [1.54, 1.807) is 19.3 Å². The SMILES string of the molecule is C=c1[nH]n(-c2ccc(F)cc2)c(=O)/c1=C/c1ccc(OCc2ccccc2)c(OC)c1. The van der Waals surface area contributed by atoms with Gasteiger partial charge in [0, 0.05) is 0 Å². The van der Waals surface area contributed by atoms with Crippen LogP contribution in [0.15, 0.2) is 77.6 Å². The monoisotopic (exact) mass is 416 g/mol. The smallest absolute Gasteiger partial charge is 0.279 e. The van der Waals surface area contributed by atoms with Crippen LogP contribution in [-0.4, -0.2) is 16.9 Å². The Bertz CT molecular complexity index is 1360. The zero-order valence-electron chi connectivity index (χ0n) is 17.0. The second kappa shape index (κ2) is 8.75. The topological polar surface area (TPSA) is 56.2 Å². The summed E-state index contributed by atoms with van der Waals surface area (Å²) >= 11 is 0. The fraction of sp³-hybridized carbons (Fsp3) is 0.0800. The minimum Gasteiger partial charge on any atom is -0.493 e.